The molecule has 2 heterocycles. The Bertz CT molecular complexity index is 1140. The minimum absolute atomic E-state index is 0.119. The minimum Gasteiger partial charge on any atom is -0.484 e. The molecular formula is C21H22N4O5S. The maximum absolute atomic E-state index is 12.7. The first-order valence-electron chi connectivity index (χ1n) is 9.80. The van der Waals surface area contributed by atoms with Crippen molar-refractivity contribution in [2.24, 2.45) is 0 Å². The van der Waals surface area contributed by atoms with Gasteiger partial charge in [-0.2, -0.15) is 9.29 Å². The number of benzene rings is 2. The fourth-order valence-electron chi connectivity index (χ4n) is 3.27. The number of aromatic nitrogens is 2. The third-order valence-corrected chi connectivity index (χ3v) is 6.89. The van der Waals surface area contributed by atoms with E-state index in [-0.39, 0.29) is 30.5 Å². The van der Waals surface area contributed by atoms with E-state index >= 15 is 0 Å². The van der Waals surface area contributed by atoms with Crippen molar-refractivity contribution in [2.45, 2.75) is 11.8 Å². The van der Waals surface area contributed by atoms with Gasteiger partial charge in [-0.1, -0.05) is 23.4 Å². The van der Waals surface area contributed by atoms with Crippen molar-refractivity contribution in [3.63, 3.8) is 0 Å². The van der Waals surface area contributed by atoms with E-state index in [9.17, 15) is 13.2 Å². The second-order valence-corrected chi connectivity index (χ2v) is 8.99. The Morgan fingerprint density at radius 2 is 1.71 bits per heavy atom. The summed E-state index contributed by atoms with van der Waals surface area (Å²) in [6.45, 7) is 2.75. The number of hydrogen-bond donors (Lipinski definition) is 0. The van der Waals surface area contributed by atoms with Crippen LogP contribution in [0.5, 0.6) is 5.75 Å². The van der Waals surface area contributed by atoms with Gasteiger partial charge in [-0.25, -0.2) is 8.42 Å². The van der Waals surface area contributed by atoms with Gasteiger partial charge < -0.3 is 14.2 Å². The molecule has 0 bridgehead atoms. The summed E-state index contributed by atoms with van der Waals surface area (Å²) in [5.41, 5.74) is 0.784. The molecular weight excluding hydrogens is 420 g/mol. The molecule has 0 N–H and O–H groups in total. The predicted octanol–water partition coefficient (Wildman–Crippen LogP) is 1.96. The fourth-order valence-corrected chi connectivity index (χ4v) is 4.72. The number of sulfonamides is 1. The van der Waals surface area contributed by atoms with Gasteiger partial charge in [0, 0.05) is 38.7 Å². The van der Waals surface area contributed by atoms with Gasteiger partial charge in [0.25, 0.3) is 5.91 Å². The van der Waals surface area contributed by atoms with Gasteiger partial charge in [0.2, 0.25) is 21.7 Å². The molecule has 1 aliphatic heterocycles. The highest BCUT2D eigenvalue weighted by molar-refractivity contribution is 7.89. The number of carbonyl (C=O) groups is 1. The first-order valence-corrected chi connectivity index (χ1v) is 11.2. The van der Waals surface area contributed by atoms with Gasteiger partial charge in [0.15, 0.2) is 6.61 Å². The van der Waals surface area contributed by atoms with Crippen LogP contribution < -0.4 is 4.74 Å². The minimum atomic E-state index is -3.54. The van der Waals surface area contributed by atoms with Gasteiger partial charge in [0.05, 0.1) is 4.90 Å². The molecule has 162 valence electrons. The van der Waals surface area contributed by atoms with E-state index in [0.29, 0.717) is 30.6 Å². The number of aryl methyl sites for hydroxylation is 1. The van der Waals surface area contributed by atoms with Gasteiger partial charge in [-0.05, 0) is 36.4 Å². The Balaban J connectivity index is 1.28. The van der Waals surface area contributed by atoms with Crippen LogP contribution >= 0.6 is 0 Å². The zero-order valence-electron chi connectivity index (χ0n) is 17.0. The summed E-state index contributed by atoms with van der Waals surface area (Å²) in [5.74, 6) is 1.33. The molecule has 10 heteroatoms. The first kappa shape index (κ1) is 21.0. The molecule has 0 spiro atoms. The summed E-state index contributed by atoms with van der Waals surface area (Å²) in [5, 5.41) is 3.86. The Morgan fingerprint density at radius 3 is 2.32 bits per heavy atom. The number of piperazine rings is 1. The predicted molar refractivity (Wildman–Crippen MR) is 112 cm³/mol. The second-order valence-electron chi connectivity index (χ2n) is 7.05. The van der Waals surface area contributed by atoms with Crippen LogP contribution in [0.3, 0.4) is 0 Å². The average molecular weight is 442 g/mol. The smallest absolute Gasteiger partial charge is 0.260 e. The van der Waals surface area contributed by atoms with Crippen LogP contribution in [0, 0.1) is 6.92 Å². The van der Waals surface area contributed by atoms with Crippen molar-refractivity contribution in [1.82, 2.24) is 19.3 Å². The number of hydrogen-bond acceptors (Lipinski definition) is 7. The molecule has 31 heavy (non-hydrogen) atoms. The highest BCUT2D eigenvalue weighted by Crippen LogP contribution is 2.20. The summed E-state index contributed by atoms with van der Waals surface area (Å²) < 4.78 is 37.3. The van der Waals surface area contributed by atoms with E-state index in [1.165, 1.54) is 4.31 Å². The highest BCUT2D eigenvalue weighted by atomic mass is 32.2. The summed E-state index contributed by atoms with van der Waals surface area (Å²) in [6, 6.07) is 15.4. The van der Waals surface area contributed by atoms with E-state index in [1.54, 1.807) is 66.4 Å². The Hall–Kier alpha value is -3.24. The zero-order valence-corrected chi connectivity index (χ0v) is 17.8. The molecule has 1 fully saturated rings. The molecule has 9 nitrogen and oxygen atoms in total. The van der Waals surface area contributed by atoms with Crippen molar-refractivity contribution in [2.75, 3.05) is 32.8 Å². The van der Waals surface area contributed by atoms with Crippen molar-refractivity contribution in [1.29, 1.82) is 0 Å². The lowest BCUT2D eigenvalue weighted by Gasteiger charge is -2.33. The van der Waals surface area contributed by atoms with Crippen molar-refractivity contribution >= 4 is 15.9 Å². The van der Waals surface area contributed by atoms with Crippen LogP contribution in [-0.2, 0) is 14.8 Å². The molecule has 1 amide bonds. The molecule has 0 unspecified atom stereocenters. The topological polar surface area (TPSA) is 106 Å². The molecule has 1 saturated heterocycles. The Morgan fingerprint density at radius 1 is 1.03 bits per heavy atom. The van der Waals surface area contributed by atoms with Crippen LogP contribution in [-0.4, -0.2) is 66.5 Å². The molecule has 0 aliphatic carbocycles. The molecule has 4 rings (SSSR count). The average Bonchev–Trinajstić information content (AvgIpc) is 3.25. The van der Waals surface area contributed by atoms with Crippen LogP contribution in [0.2, 0.25) is 0 Å². The lowest BCUT2D eigenvalue weighted by molar-refractivity contribution is -0.134. The molecule has 0 radical (unpaired) electrons. The zero-order chi connectivity index (χ0) is 21.8. The van der Waals surface area contributed by atoms with E-state index in [2.05, 4.69) is 10.1 Å². The SMILES string of the molecule is Cc1nc(-c2ccc(OCC(=O)N3CCN(S(=O)(=O)c4ccccc4)CC3)cc2)no1. The number of carbonyl (C=O) groups excluding carboxylic acids is 1. The number of ether oxygens (including phenoxy) is 1. The molecule has 2 aromatic carbocycles. The van der Waals surface area contributed by atoms with E-state index in [0.717, 1.165) is 5.56 Å². The van der Waals surface area contributed by atoms with E-state index < -0.39 is 10.0 Å². The Labute approximate surface area is 180 Å². The molecule has 3 aromatic rings. The summed E-state index contributed by atoms with van der Waals surface area (Å²) >= 11 is 0. The number of amides is 1. The first-order chi connectivity index (χ1) is 14.9. The van der Waals surface area contributed by atoms with Crippen LogP contribution in [0.25, 0.3) is 11.4 Å². The number of rotatable bonds is 6. The van der Waals surface area contributed by atoms with Gasteiger partial charge in [-0.3, -0.25) is 4.79 Å². The van der Waals surface area contributed by atoms with Crippen molar-refractivity contribution in [3.8, 4) is 17.1 Å². The second kappa shape index (κ2) is 8.86. The van der Waals surface area contributed by atoms with Gasteiger partial charge in [0.1, 0.15) is 5.75 Å². The largest absolute Gasteiger partial charge is 0.484 e. The molecule has 0 atom stereocenters. The lowest BCUT2D eigenvalue weighted by atomic mass is 10.2. The van der Waals surface area contributed by atoms with Gasteiger partial charge in [-0.15, -0.1) is 0 Å². The fraction of sp³-hybridized carbons (Fsp3) is 0.286. The maximum Gasteiger partial charge on any atom is 0.260 e. The van der Waals surface area contributed by atoms with Crippen LogP contribution in [0.4, 0.5) is 0 Å². The molecule has 1 aliphatic rings. The summed E-state index contributed by atoms with van der Waals surface area (Å²) in [6.07, 6.45) is 0. The van der Waals surface area contributed by atoms with Crippen LogP contribution in [0.15, 0.2) is 64.0 Å². The third-order valence-electron chi connectivity index (χ3n) is 4.97. The summed E-state index contributed by atoms with van der Waals surface area (Å²) in [7, 11) is -3.54. The maximum atomic E-state index is 12.7. The number of nitrogens with zero attached hydrogens (tertiary/aromatic N) is 4. The summed E-state index contributed by atoms with van der Waals surface area (Å²) in [4.78, 5) is 18.5. The van der Waals surface area contributed by atoms with Gasteiger partial charge >= 0.3 is 0 Å². The van der Waals surface area contributed by atoms with Crippen molar-refractivity contribution < 1.29 is 22.5 Å². The third kappa shape index (κ3) is 4.75. The highest BCUT2D eigenvalue weighted by Gasteiger charge is 2.30. The quantitative estimate of drug-likeness (QED) is 0.574. The van der Waals surface area contributed by atoms with E-state index in [1.807, 2.05) is 0 Å². The lowest BCUT2D eigenvalue weighted by Crippen LogP contribution is -2.51. The standard InChI is InChI=1S/C21H22N4O5S/c1-16-22-21(23-30-16)17-7-9-18(10-8-17)29-15-20(26)24-11-13-25(14-12-24)31(27,28)19-5-3-2-4-6-19/h2-10H,11-15H2,1H3. The molecule has 1 aromatic heterocycles. The molecule has 0 saturated carbocycles. The van der Waals surface area contributed by atoms with E-state index in [4.69, 9.17) is 9.26 Å². The Kier molecular flexibility index (Phi) is 6.01. The normalized spacial score (nSPS) is 15.1. The van der Waals surface area contributed by atoms with Crippen molar-refractivity contribution in [3.05, 3.63) is 60.5 Å². The van der Waals surface area contributed by atoms with Crippen LogP contribution in [0.1, 0.15) is 5.89 Å². The monoisotopic (exact) mass is 442 g/mol.